The third kappa shape index (κ3) is 5.94. The number of anilines is 1. The third-order valence-corrected chi connectivity index (χ3v) is 3.88. The quantitative estimate of drug-likeness (QED) is 0.786. The number of thioether (sulfide) groups is 1. The van der Waals surface area contributed by atoms with Crippen LogP contribution in [0, 0.1) is 0 Å². The van der Waals surface area contributed by atoms with Gasteiger partial charge in [-0.1, -0.05) is 18.2 Å². The summed E-state index contributed by atoms with van der Waals surface area (Å²) in [6, 6.07) is 9.49. The van der Waals surface area contributed by atoms with Gasteiger partial charge in [-0.2, -0.15) is 0 Å². The van der Waals surface area contributed by atoms with Crippen LogP contribution in [0.15, 0.2) is 30.3 Å². The lowest BCUT2D eigenvalue weighted by atomic mass is 10.2. The maximum Gasteiger partial charge on any atom is 0.234 e. The number of hydrogen-bond acceptors (Lipinski definition) is 4. The lowest BCUT2D eigenvalue weighted by molar-refractivity contribution is -0.158. The number of ether oxygens (including phenoxy) is 2. The molecule has 110 valence electrons. The van der Waals surface area contributed by atoms with Crippen molar-refractivity contribution < 1.29 is 14.3 Å². The smallest absolute Gasteiger partial charge is 0.234 e. The Morgan fingerprint density at radius 1 is 1.35 bits per heavy atom. The van der Waals surface area contributed by atoms with Crippen LogP contribution in [0.2, 0.25) is 0 Å². The van der Waals surface area contributed by atoms with Crippen molar-refractivity contribution in [2.75, 3.05) is 30.0 Å². The van der Waals surface area contributed by atoms with E-state index >= 15 is 0 Å². The minimum absolute atomic E-state index is 0.0233. The molecule has 0 aliphatic carbocycles. The van der Waals surface area contributed by atoms with Gasteiger partial charge < -0.3 is 14.8 Å². The molecule has 1 amide bonds. The van der Waals surface area contributed by atoms with E-state index in [0.29, 0.717) is 12.4 Å². The molecule has 1 aromatic rings. The van der Waals surface area contributed by atoms with Crippen LogP contribution in [0.5, 0.6) is 0 Å². The zero-order chi connectivity index (χ0) is 14.0. The number of amides is 1. The zero-order valence-corrected chi connectivity index (χ0v) is 12.4. The first-order chi connectivity index (χ1) is 9.84. The second kappa shape index (κ2) is 9.00. The SMILES string of the molecule is O=C(CSCCO[C@H]1CCCCO1)Nc1ccccc1. The minimum Gasteiger partial charge on any atom is -0.353 e. The van der Waals surface area contributed by atoms with Gasteiger partial charge in [0.1, 0.15) is 0 Å². The highest BCUT2D eigenvalue weighted by atomic mass is 32.2. The fourth-order valence-corrected chi connectivity index (χ4v) is 2.58. The molecule has 0 aromatic heterocycles. The van der Waals surface area contributed by atoms with Gasteiger partial charge in [0.05, 0.1) is 12.4 Å². The molecule has 0 bridgehead atoms. The van der Waals surface area contributed by atoms with Crippen molar-refractivity contribution in [1.82, 2.24) is 0 Å². The Bertz CT molecular complexity index is 393. The van der Waals surface area contributed by atoms with Crippen LogP contribution in [-0.2, 0) is 14.3 Å². The summed E-state index contributed by atoms with van der Waals surface area (Å²) in [6.07, 6.45) is 3.26. The normalized spacial score (nSPS) is 18.7. The number of rotatable bonds is 7. The van der Waals surface area contributed by atoms with Crippen molar-refractivity contribution in [3.05, 3.63) is 30.3 Å². The minimum atomic E-state index is -0.0394. The molecule has 20 heavy (non-hydrogen) atoms. The highest BCUT2D eigenvalue weighted by Crippen LogP contribution is 2.14. The standard InChI is InChI=1S/C15H21NO3S/c17-14(16-13-6-2-1-3-7-13)12-20-11-10-19-15-8-4-5-9-18-15/h1-3,6-7,15H,4-5,8-12H2,(H,16,17)/t15-/m0/s1. The molecule has 1 atom stereocenters. The molecule has 0 radical (unpaired) electrons. The van der Waals surface area contributed by atoms with Gasteiger partial charge in [-0.05, 0) is 31.4 Å². The van der Waals surface area contributed by atoms with Crippen LogP contribution < -0.4 is 5.32 Å². The Morgan fingerprint density at radius 3 is 2.95 bits per heavy atom. The maximum absolute atomic E-state index is 11.7. The van der Waals surface area contributed by atoms with Crippen molar-refractivity contribution in [2.24, 2.45) is 0 Å². The van der Waals surface area contributed by atoms with Gasteiger partial charge in [-0.25, -0.2) is 0 Å². The van der Waals surface area contributed by atoms with E-state index < -0.39 is 0 Å². The van der Waals surface area contributed by atoms with E-state index in [1.165, 1.54) is 6.42 Å². The summed E-state index contributed by atoms with van der Waals surface area (Å²) in [4.78, 5) is 11.7. The summed E-state index contributed by atoms with van der Waals surface area (Å²) >= 11 is 1.58. The number of carbonyl (C=O) groups is 1. The molecule has 1 fully saturated rings. The second-order valence-electron chi connectivity index (χ2n) is 4.63. The van der Waals surface area contributed by atoms with E-state index in [2.05, 4.69) is 5.32 Å². The number of nitrogens with one attached hydrogen (secondary N) is 1. The van der Waals surface area contributed by atoms with Gasteiger partial charge in [0, 0.05) is 18.0 Å². The first-order valence-corrected chi connectivity index (χ1v) is 8.16. The Labute approximate surface area is 124 Å². The predicted octanol–water partition coefficient (Wildman–Crippen LogP) is 2.90. The van der Waals surface area contributed by atoms with Gasteiger partial charge >= 0.3 is 0 Å². The topological polar surface area (TPSA) is 47.6 Å². The first-order valence-electron chi connectivity index (χ1n) is 7.00. The van der Waals surface area contributed by atoms with Crippen molar-refractivity contribution in [3.63, 3.8) is 0 Å². The monoisotopic (exact) mass is 295 g/mol. The van der Waals surface area contributed by atoms with Crippen LogP contribution in [0.4, 0.5) is 5.69 Å². The molecule has 2 rings (SSSR count). The molecule has 0 spiro atoms. The number of para-hydroxylation sites is 1. The predicted molar refractivity (Wildman–Crippen MR) is 81.9 cm³/mol. The lowest BCUT2D eigenvalue weighted by Gasteiger charge is -2.22. The number of benzene rings is 1. The van der Waals surface area contributed by atoms with Crippen LogP contribution >= 0.6 is 11.8 Å². The Kier molecular flexibility index (Phi) is 6.91. The molecule has 1 saturated heterocycles. The van der Waals surface area contributed by atoms with Crippen molar-refractivity contribution in [3.8, 4) is 0 Å². The summed E-state index contributed by atoms with van der Waals surface area (Å²) in [7, 11) is 0. The molecule has 0 unspecified atom stereocenters. The van der Waals surface area contributed by atoms with Crippen LogP contribution in [0.1, 0.15) is 19.3 Å². The summed E-state index contributed by atoms with van der Waals surface area (Å²) in [5.74, 6) is 1.28. The van der Waals surface area contributed by atoms with Crippen molar-refractivity contribution in [2.45, 2.75) is 25.6 Å². The Morgan fingerprint density at radius 2 is 2.20 bits per heavy atom. The molecule has 1 aromatic carbocycles. The lowest BCUT2D eigenvalue weighted by Crippen LogP contribution is -2.23. The zero-order valence-electron chi connectivity index (χ0n) is 11.5. The van der Waals surface area contributed by atoms with E-state index in [1.807, 2.05) is 30.3 Å². The molecule has 0 saturated carbocycles. The summed E-state index contributed by atoms with van der Waals surface area (Å²) < 4.78 is 11.1. The van der Waals surface area contributed by atoms with Gasteiger partial charge in [-0.3, -0.25) is 4.79 Å². The van der Waals surface area contributed by atoms with Crippen molar-refractivity contribution >= 4 is 23.4 Å². The Balaban J connectivity index is 1.51. The number of carbonyl (C=O) groups excluding carboxylic acids is 1. The molecule has 1 aliphatic heterocycles. The molecule has 1 aliphatic rings. The number of hydrogen-bond donors (Lipinski definition) is 1. The summed E-state index contributed by atoms with van der Waals surface area (Å²) in [5.41, 5.74) is 0.838. The Hall–Kier alpha value is -1.04. The maximum atomic E-state index is 11.7. The highest BCUT2D eigenvalue weighted by molar-refractivity contribution is 7.99. The highest BCUT2D eigenvalue weighted by Gasteiger charge is 2.13. The van der Waals surface area contributed by atoms with Crippen LogP contribution in [0.25, 0.3) is 0 Å². The molecule has 1 heterocycles. The molecular weight excluding hydrogens is 274 g/mol. The van der Waals surface area contributed by atoms with E-state index in [-0.39, 0.29) is 12.2 Å². The van der Waals surface area contributed by atoms with Crippen LogP contribution in [-0.4, -0.2) is 36.9 Å². The van der Waals surface area contributed by atoms with Gasteiger partial charge in [0.15, 0.2) is 6.29 Å². The van der Waals surface area contributed by atoms with Gasteiger partial charge in [0.25, 0.3) is 0 Å². The van der Waals surface area contributed by atoms with Crippen molar-refractivity contribution in [1.29, 1.82) is 0 Å². The average molecular weight is 295 g/mol. The third-order valence-electron chi connectivity index (χ3n) is 2.96. The summed E-state index contributed by atoms with van der Waals surface area (Å²) in [6.45, 7) is 1.44. The van der Waals surface area contributed by atoms with E-state index in [9.17, 15) is 4.79 Å². The molecule has 5 heteroatoms. The molecule has 4 nitrogen and oxygen atoms in total. The molecular formula is C15H21NO3S. The fraction of sp³-hybridized carbons (Fsp3) is 0.533. The summed E-state index contributed by atoms with van der Waals surface area (Å²) in [5, 5.41) is 2.86. The average Bonchev–Trinajstić information content (AvgIpc) is 2.49. The largest absolute Gasteiger partial charge is 0.353 e. The first kappa shape index (κ1) is 15.4. The van der Waals surface area contributed by atoms with E-state index in [1.54, 1.807) is 11.8 Å². The second-order valence-corrected chi connectivity index (χ2v) is 5.74. The van der Waals surface area contributed by atoms with Gasteiger partial charge in [0.2, 0.25) is 5.91 Å². The molecule has 1 N–H and O–H groups in total. The fourth-order valence-electron chi connectivity index (χ4n) is 1.96. The van der Waals surface area contributed by atoms with E-state index in [4.69, 9.17) is 9.47 Å². The van der Waals surface area contributed by atoms with Gasteiger partial charge in [-0.15, -0.1) is 11.8 Å². The van der Waals surface area contributed by atoms with E-state index in [0.717, 1.165) is 30.9 Å². The van der Waals surface area contributed by atoms with Crippen LogP contribution in [0.3, 0.4) is 0 Å².